The van der Waals surface area contributed by atoms with Crippen LogP contribution in [0.15, 0.2) is 83.3 Å². The highest BCUT2D eigenvalue weighted by atomic mass is 19.1. The third-order valence-electron chi connectivity index (χ3n) is 4.77. The Morgan fingerprint density at radius 3 is 2.20 bits per heavy atom. The fraction of sp³-hybridized carbons (Fsp3) is 0.0833. The van der Waals surface area contributed by atoms with Gasteiger partial charge in [-0.2, -0.15) is 0 Å². The summed E-state index contributed by atoms with van der Waals surface area (Å²) in [6.45, 7) is 0.602. The number of carboxylic acids is 1. The first-order valence-corrected chi connectivity index (χ1v) is 9.34. The van der Waals surface area contributed by atoms with Crippen LogP contribution < -0.4 is 0 Å². The summed E-state index contributed by atoms with van der Waals surface area (Å²) in [6.07, 6.45) is 0. The van der Waals surface area contributed by atoms with E-state index in [2.05, 4.69) is 0 Å². The molecule has 5 nitrogen and oxygen atoms in total. The normalized spacial score (nSPS) is 10.8. The zero-order chi connectivity index (χ0) is 21.1. The Kier molecular flexibility index (Phi) is 5.30. The lowest BCUT2D eigenvalue weighted by Crippen LogP contribution is -2.29. The molecule has 4 aromatic rings. The molecule has 0 spiro atoms. The molecular formula is C24H18FNO4. The molecule has 0 aliphatic carbocycles. The van der Waals surface area contributed by atoms with E-state index in [-0.39, 0.29) is 23.8 Å². The number of hydrogen-bond donors (Lipinski definition) is 1. The summed E-state index contributed by atoms with van der Waals surface area (Å²) in [5.74, 6) is -1.62. The van der Waals surface area contributed by atoms with E-state index in [0.29, 0.717) is 17.5 Å². The number of benzene rings is 3. The first-order chi connectivity index (χ1) is 14.5. The number of halogens is 1. The van der Waals surface area contributed by atoms with Crippen LogP contribution in [-0.2, 0) is 13.1 Å². The second-order valence-corrected chi connectivity index (χ2v) is 6.94. The zero-order valence-corrected chi connectivity index (χ0v) is 15.9. The Hall–Kier alpha value is -3.93. The fourth-order valence-electron chi connectivity index (χ4n) is 3.25. The second kappa shape index (κ2) is 8.21. The summed E-state index contributed by atoms with van der Waals surface area (Å²) in [7, 11) is 0. The van der Waals surface area contributed by atoms with Gasteiger partial charge < -0.3 is 14.4 Å². The Balaban J connectivity index is 1.64. The van der Waals surface area contributed by atoms with Crippen molar-refractivity contribution < 1.29 is 23.5 Å². The van der Waals surface area contributed by atoms with Crippen LogP contribution in [0.4, 0.5) is 4.39 Å². The molecule has 0 bridgehead atoms. The standard InChI is InChI=1S/C24H18FNO4/c25-20-10-11-21-19(12-20)13-22(30-21)23(27)26(14-16-4-2-1-3-5-16)15-17-6-8-18(9-7-17)24(28)29/h1-13H,14-15H2,(H,28,29). The molecule has 1 heterocycles. The minimum atomic E-state index is -1.01. The largest absolute Gasteiger partial charge is 0.478 e. The highest BCUT2D eigenvalue weighted by molar-refractivity contribution is 5.96. The van der Waals surface area contributed by atoms with Crippen LogP contribution in [-0.4, -0.2) is 21.9 Å². The SMILES string of the molecule is O=C(O)c1ccc(CN(Cc2ccccc2)C(=O)c2cc3cc(F)ccc3o2)cc1. The molecule has 30 heavy (non-hydrogen) atoms. The van der Waals surface area contributed by atoms with Gasteiger partial charge in [-0.3, -0.25) is 4.79 Å². The predicted octanol–water partition coefficient (Wildman–Crippen LogP) is 5.11. The first-order valence-electron chi connectivity index (χ1n) is 9.34. The number of carboxylic acid groups (broad SMARTS) is 1. The minimum Gasteiger partial charge on any atom is -0.478 e. The van der Waals surface area contributed by atoms with E-state index in [1.807, 2.05) is 30.3 Å². The van der Waals surface area contributed by atoms with Crippen molar-refractivity contribution in [3.05, 3.63) is 107 Å². The Labute approximate surface area is 172 Å². The van der Waals surface area contributed by atoms with E-state index >= 15 is 0 Å². The number of fused-ring (bicyclic) bond motifs is 1. The molecule has 150 valence electrons. The van der Waals surface area contributed by atoms with Gasteiger partial charge in [0.1, 0.15) is 11.4 Å². The number of carbonyl (C=O) groups excluding carboxylic acids is 1. The number of hydrogen-bond acceptors (Lipinski definition) is 3. The maximum atomic E-state index is 13.5. The van der Waals surface area contributed by atoms with Crippen molar-refractivity contribution in [3.63, 3.8) is 0 Å². The van der Waals surface area contributed by atoms with Crippen molar-refractivity contribution in [2.75, 3.05) is 0 Å². The van der Waals surface area contributed by atoms with Gasteiger partial charge in [0.05, 0.1) is 5.56 Å². The molecule has 0 aliphatic heterocycles. The maximum Gasteiger partial charge on any atom is 0.335 e. The summed E-state index contributed by atoms with van der Waals surface area (Å²) in [5.41, 5.74) is 2.34. The summed E-state index contributed by atoms with van der Waals surface area (Å²) >= 11 is 0. The van der Waals surface area contributed by atoms with Crippen LogP contribution in [0.1, 0.15) is 32.0 Å². The van der Waals surface area contributed by atoms with Gasteiger partial charge in [-0.15, -0.1) is 0 Å². The van der Waals surface area contributed by atoms with Crippen molar-refractivity contribution in [1.29, 1.82) is 0 Å². The van der Waals surface area contributed by atoms with E-state index < -0.39 is 11.8 Å². The highest BCUT2D eigenvalue weighted by Gasteiger charge is 2.21. The molecule has 1 N–H and O–H groups in total. The third-order valence-corrected chi connectivity index (χ3v) is 4.77. The Morgan fingerprint density at radius 2 is 1.53 bits per heavy atom. The molecule has 1 aromatic heterocycles. The van der Waals surface area contributed by atoms with Crippen molar-refractivity contribution >= 4 is 22.8 Å². The molecular weight excluding hydrogens is 385 g/mol. The smallest absolute Gasteiger partial charge is 0.335 e. The van der Waals surface area contributed by atoms with Crippen LogP contribution in [0.25, 0.3) is 11.0 Å². The third kappa shape index (κ3) is 4.22. The van der Waals surface area contributed by atoms with Crippen LogP contribution in [0.3, 0.4) is 0 Å². The molecule has 0 saturated heterocycles. The zero-order valence-electron chi connectivity index (χ0n) is 15.9. The van der Waals surface area contributed by atoms with Crippen molar-refractivity contribution in [1.82, 2.24) is 4.90 Å². The molecule has 0 unspecified atom stereocenters. The van der Waals surface area contributed by atoms with Gasteiger partial charge >= 0.3 is 5.97 Å². The minimum absolute atomic E-state index is 0.119. The number of carbonyl (C=O) groups is 2. The molecule has 0 saturated carbocycles. The van der Waals surface area contributed by atoms with Crippen LogP contribution in [0.5, 0.6) is 0 Å². The Morgan fingerprint density at radius 1 is 0.867 bits per heavy atom. The van der Waals surface area contributed by atoms with E-state index in [1.54, 1.807) is 17.0 Å². The second-order valence-electron chi connectivity index (χ2n) is 6.94. The fourth-order valence-corrected chi connectivity index (χ4v) is 3.25. The molecule has 0 atom stereocenters. The van der Waals surface area contributed by atoms with Gasteiger partial charge in [0, 0.05) is 18.5 Å². The maximum absolute atomic E-state index is 13.5. The number of rotatable bonds is 6. The summed E-state index contributed by atoms with van der Waals surface area (Å²) < 4.78 is 19.1. The average Bonchev–Trinajstić information content (AvgIpc) is 3.17. The van der Waals surface area contributed by atoms with Crippen LogP contribution in [0.2, 0.25) is 0 Å². The number of amides is 1. The van der Waals surface area contributed by atoms with E-state index in [9.17, 15) is 14.0 Å². The lowest BCUT2D eigenvalue weighted by molar-refractivity contribution is 0.0687. The molecule has 0 fully saturated rings. The Bertz CT molecular complexity index is 1200. The van der Waals surface area contributed by atoms with E-state index in [4.69, 9.17) is 9.52 Å². The highest BCUT2D eigenvalue weighted by Crippen LogP contribution is 2.23. The lowest BCUT2D eigenvalue weighted by Gasteiger charge is -2.22. The van der Waals surface area contributed by atoms with Gasteiger partial charge in [-0.1, -0.05) is 42.5 Å². The molecule has 0 aliphatic rings. The average molecular weight is 403 g/mol. The van der Waals surface area contributed by atoms with Crippen LogP contribution in [0, 0.1) is 5.82 Å². The first kappa shape index (κ1) is 19.4. The van der Waals surface area contributed by atoms with Crippen molar-refractivity contribution in [3.8, 4) is 0 Å². The lowest BCUT2D eigenvalue weighted by atomic mass is 10.1. The number of aromatic carboxylic acids is 1. The quantitative estimate of drug-likeness (QED) is 0.486. The van der Waals surface area contributed by atoms with Gasteiger partial charge in [0.15, 0.2) is 5.76 Å². The van der Waals surface area contributed by atoms with E-state index in [0.717, 1.165) is 11.1 Å². The topological polar surface area (TPSA) is 70.8 Å². The number of furan rings is 1. The van der Waals surface area contributed by atoms with Gasteiger partial charge in [-0.25, -0.2) is 9.18 Å². The molecule has 0 radical (unpaired) electrons. The van der Waals surface area contributed by atoms with Gasteiger partial charge in [0.25, 0.3) is 5.91 Å². The predicted molar refractivity (Wildman–Crippen MR) is 110 cm³/mol. The molecule has 4 rings (SSSR count). The number of nitrogens with zero attached hydrogens (tertiary/aromatic N) is 1. The van der Waals surface area contributed by atoms with Gasteiger partial charge in [0.2, 0.25) is 0 Å². The molecule has 6 heteroatoms. The van der Waals surface area contributed by atoms with Crippen molar-refractivity contribution in [2.45, 2.75) is 13.1 Å². The van der Waals surface area contributed by atoms with Crippen molar-refractivity contribution in [2.24, 2.45) is 0 Å². The molecule has 3 aromatic carbocycles. The summed E-state index contributed by atoms with van der Waals surface area (Å²) in [5, 5.41) is 9.59. The molecule has 1 amide bonds. The van der Waals surface area contributed by atoms with E-state index in [1.165, 1.54) is 36.4 Å². The summed E-state index contributed by atoms with van der Waals surface area (Å²) in [6, 6.07) is 21.5. The van der Waals surface area contributed by atoms with Crippen LogP contribution >= 0.6 is 0 Å². The summed E-state index contributed by atoms with van der Waals surface area (Å²) in [4.78, 5) is 25.9. The monoisotopic (exact) mass is 403 g/mol. The van der Waals surface area contributed by atoms with Gasteiger partial charge in [-0.05, 0) is 47.5 Å².